The Morgan fingerprint density at radius 1 is 1.31 bits per heavy atom. The summed E-state index contributed by atoms with van der Waals surface area (Å²) >= 11 is 1.92. The molecule has 3 N–H and O–H groups in total. The molecule has 0 spiro atoms. The van der Waals surface area contributed by atoms with Crippen molar-refractivity contribution in [3.05, 3.63) is 21.9 Å². The quantitative estimate of drug-likeness (QED) is 0.686. The van der Waals surface area contributed by atoms with E-state index in [4.69, 9.17) is 5.73 Å². The van der Waals surface area contributed by atoms with Gasteiger partial charge in [-0.05, 0) is 44.9 Å². The number of hydrogen-bond donors (Lipinski definition) is 2. The lowest BCUT2D eigenvalue weighted by Gasteiger charge is -2.05. The summed E-state index contributed by atoms with van der Waals surface area (Å²) in [6.07, 6.45) is 4.75. The van der Waals surface area contributed by atoms with E-state index in [0.717, 1.165) is 25.9 Å². The second-order valence-corrected chi connectivity index (χ2v) is 5.62. The number of hydrogen-bond acceptors (Lipinski definition) is 3. The monoisotopic (exact) mass is 240 g/mol. The van der Waals surface area contributed by atoms with Crippen LogP contribution >= 0.6 is 11.3 Å². The fraction of sp³-hybridized carbons (Fsp3) is 0.692. The van der Waals surface area contributed by atoms with Gasteiger partial charge in [0.25, 0.3) is 0 Å². The van der Waals surface area contributed by atoms with Gasteiger partial charge >= 0.3 is 0 Å². The Bertz CT molecular complexity index is 281. The van der Waals surface area contributed by atoms with Crippen LogP contribution in [0.1, 0.15) is 42.9 Å². The van der Waals surface area contributed by atoms with Gasteiger partial charge in [-0.25, -0.2) is 0 Å². The summed E-state index contributed by atoms with van der Waals surface area (Å²) in [4.78, 5) is 2.93. The normalized spacial score (nSPS) is 12.9. The van der Waals surface area contributed by atoms with Gasteiger partial charge in [0.1, 0.15) is 0 Å². The number of unbranched alkanes of at least 4 members (excludes halogenated alkanes) is 1. The summed E-state index contributed by atoms with van der Waals surface area (Å²) in [7, 11) is 0. The largest absolute Gasteiger partial charge is 0.328 e. The minimum Gasteiger partial charge on any atom is -0.328 e. The van der Waals surface area contributed by atoms with Gasteiger partial charge < -0.3 is 11.1 Å². The first-order chi connectivity index (χ1) is 7.72. The molecule has 2 nitrogen and oxygen atoms in total. The van der Waals surface area contributed by atoms with Crippen LogP contribution in [0.25, 0.3) is 0 Å². The van der Waals surface area contributed by atoms with Gasteiger partial charge in [-0.1, -0.05) is 13.3 Å². The van der Waals surface area contributed by atoms with E-state index >= 15 is 0 Å². The van der Waals surface area contributed by atoms with Crippen molar-refractivity contribution in [3.8, 4) is 0 Å². The van der Waals surface area contributed by atoms with Gasteiger partial charge in [0.2, 0.25) is 0 Å². The zero-order chi connectivity index (χ0) is 11.8. The van der Waals surface area contributed by atoms with Crippen LogP contribution < -0.4 is 11.1 Å². The highest BCUT2D eigenvalue weighted by molar-refractivity contribution is 7.11. The molecular formula is C13H24N2S. The molecular weight excluding hydrogens is 216 g/mol. The molecule has 1 aromatic rings. The van der Waals surface area contributed by atoms with Crippen LogP contribution in [0.2, 0.25) is 0 Å². The minimum absolute atomic E-state index is 0.351. The maximum absolute atomic E-state index is 5.70. The third-order valence-electron chi connectivity index (χ3n) is 2.63. The van der Waals surface area contributed by atoms with Gasteiger partial charge in [0.05, 0.1) is 0 Å². The number of nitrogens with two attached hydrogens (primary N) is 1. The van der Waals surface area contributed by atoms with E-state index < -0.39 is 0 Å². The van der Waals surface area contributed by atoms with Crippen molar-refractivity contribution >= 4 is 11.3 Å². The van der Waals surface area contributed by atoms with Gasteiger partial charge in [-0.15, -0.1) is 11.3 Å². The molecule has 0 radical (unpaired) electrons. The highest BCUT2D eigenvalue weighted by Crippen LogP contribution is 2.16. The maximum atomic E-state index is 5.70. The molecule has 3 heteroatoms. The molecule has 1 heterocycles. The molecule has 0 aliphatic rings. The minimum atomic E-state index is 0.351. The zero-order valence-corrected chi connectivity index (χ0v) is 11.3. The fourth-order valence-corrected chi connectivity index (χ4v) is 2.56. The van der Waals surface area contributed by atoms with E-state index in [1.54, 1.807) is 0 Å². The van der Waals surface area contributed by atoms with Gasteiger partial charge in [-0.2, -0.15) is 0 Å². The van der Waals surface area contributed by atoms with Crippen molar-refractivity contribution in [3.63, 3.8) is 0 Å². The first kappa shape index (κ1) is 13.7. The highest BCUT2D eigenvalue weighted by atomic mass is 32.1. The van der Waals surface area contributed by atoms with Crippen LogP contribution in [0, 0.1) is 0 Å². The summed E-state index contributed by atoms with van der Waals surface area (Å²) in [5.41, 5.74) is 5.70. The van der Waals surface area contributed by atoms with Crippen LogP contribution in [-0.2, 0) is 13.0 Å². The third kappa shape index (κ3) is 5.64. The Labute approximate surface area is 103 Å². The SMILES string of the molecule is CCc1ccc(CNCCCCC(C)N)s1. The van der Waals surface area contributed by atoms with E-state index in [1.165, 1.54) is 22.6 Å². The number of thiophene rings is 1. The van der Waals surface area contributed by atoms with Crippen molar-refractivity contribution < 1.29 is 0 Å². The van der Waals surface area contributed by atoms with E-state index in [9.17, 15) is 0 Å². The van der Waals surface area contributed by atoms with E-state index in [2.05, 4.69) is 31.3 Å². The Morgan fingerprint density at radius 3 is 2.69 bits per heavy atom. The van der Waals surface area contributed by atoms with Crippen LogP contribution in [0.15, 0.2) is 12.1 Å². The molecule has 16 heavy (non-hydrogen) atoms. The summed E-state index contributed by atoms with van der Waals surface area (Å²) in [6, 6.07) is 4.82. The molecule has 1 aromatic heterocycles. The van der Waals surface area contributed by atoms with Crippen molar-refractivity contribution in [2.24, 2.45) is 5.73 Å². The summed E-state index contributed by atoms with van der Waals surface area (Å²) in [5.74, 6) is 0. The Hall–Kier alpha value is -0.380. The van der Waals surface area contributed by atoms with Gasteiger partial charge in [0, 0.05) is 22.3 Å². The van der Waals surface area contributed by atoms with Crippen molar-refractivity contribution in [2.45, 2.75) is 52.1 Å². The van der Waals surface area contributed by atoms with Crippen LogP contribution in [0.3, 0.4) is 0 Å². The molecule has 1 rings (SSSR count). The predicted octanol–water partition coefficient (Wildman–Crippen LogP) is 2.92. The molecule has 0 aliphatic carbocycles. The van der Waals surface area contributed by atoms with Crippen LogP contribution in [0.5, 0.6) is 0 Å². The lowest BCUT2D eigenvalue weighted by atomic mass is 10.1. The molecule has 0 fully saturated rings. The molecule has 0 saturated heterocycles. The first-order valence-electron chi connectivity index (χ1n) is 6.26. The summed E-state index contributed by atoms with van der Waals surface area (Å²) in [6.45, 7) is 6.40. The lowest BCUT2D eigenvalue weighted by molar-refractivity contribution is 0.565. The second-order valence-electron chi connectivity index (χ2n) is 4.37. The van der Waals surface area contributed by atoms with E-state index in [1.807, 2.05) is 11.3 Å². The topological polar surface area (TPSA) is 38.0 Å². The Balaban J connectivity index is 2.02. The molecule has 0 aliphatic heterocycles. The van der Waals surface area contributed by atoms with Crippen LogP contribution in [0.4, 0.5) is 0 Å². The Morgan fingerprint density at radius 2 is 2.06 bits per heavy atom. The molecule has 0 saturated carbocycles. The zero-order valence-electron chi connectivity index (χ0n) is 10.5. The third-order valence-corrected chi connectivity index (χ3v) is 3.86. The van der Waals surface area contributed by atoms with E-state index in [-0.39, 0.29) is 0 Å². The smallest absolute Gasteiger partial charge is 0.0299 e. The molecule has 0 amide bonds. The van der Waals surface area contributed by atoms with Crippen LogP contribution in [-0.4, -0.2) is 12.6 Å². The number of rotatable bonds is 8. The number of nitrogens with one attached hydrogen (secondary N) is 1. The second kappa shape index (κ2) is 7.82. The Kier molecular flexibility index (Phi) is 6.69. The average molecular weight is 240 g/mol. The maximum Gasteiger partial charge on any atom is 0.0299 e. The fourth-order valence-electron chi connectivity index (χ4n) is 1.64. The van der Waals surface area contributed by atoms with E-state index in [0.29, 0.717) is 6.04 Å². The van der Waals surface area contributed by atoms with Gasteiger partial charge in [-0.3, -0.25) is 0 Å². The molecule has 0 aromatic carbocycles. The van der Waals surface area contributed by atoms with Gasteiger partial charge in [0.15, 0.2) is 0 Å². The standard InChI is InChI=1S/C13H24N2S/c1-3-12-7-8-13(16-12)10-15-9-5-4-6-11(2)14/h7-8,11,15H,3-6,9-10,14H2,1-2H3. The summed E-state index contributed by atoms with van der Waals surface area (Å²) in [5, 5.41) is 3.48. The summed E-state index contributed by atoms with van der Waals surface area (Å²) < 4.78 is 0. The number of aryl methyl sites for hydroxylation is 1. The first-order valence-corrected chi connectivity index (χ1v) is 7.08. The predicted molar refractivity (Wildman–Crippen MR) is 72.9 cm³/mol. The van der Waals surface area contributed by atoms with Crippen molar-refractivity contribution in [2.75, 3.05) is 6.54 Å². The average Bonchev–Trinajstić information content (AvgIpc) is 2.70. The lowest BCUT2D eigenvalue weighted by Crippen LogP contribution is -2.17. The van der Waals surface area contributed by atoms with Crippen molar-refractivity contribution in [1.29, 1.82) is 0 Å². The highest BCUT2D eigenvalue weighted by Gasteiger charge is 1.98. The molecule has 1 unspecified atom stereocenters. The molecule has 92 valence electrons. The molecule has 0 bridgehead atoms. The van der Waals surface area contributed by atoms with Crippen molar-refractivity contribution in [1.82, 2.24) is 5.32 Å². The molecule has 1 atom stereocenters.